The van der Waals surface area contributed by atoms with Gasteiger partial charge in [0.25, 0.3) is 0 Å². The van der Waals surface area contributed by atoms with Crippen molar-refractivity contribution in [2.24, 2.45) is 11.7 Å². The summed E-state index contributed by atoms with van der Waals surface area (Å²) in [5.74, 6) is 0.814. The molecule has 0 aromatic heterocycles. The lowest BCUT2D eigenvalue weighted by Gasteiger charge is -2.27. The smallest absolute Gasteiger partial charge is 0.0235 e. The van der Waals surface area contributed by atoms with Crippen LogP contribution in [0.5, 0.6) is 0 Å². The third kappa shape index (κ3) is 6.24. The highest BCUT2D eigenvalue weighted by Crippen LogP contribution is 2.18. The predicted molar refractivity (Wildman–Crippen MR) is 84.4 cm³/mol. The zero-order valence-corrected chi connectivity index (χ0v) is 13.6. The van der Waals surface area contributed by atoms with Crippen molar-refractivity contribution in [2.75, 3.05) is 32.7 Å². The van der Waals surface area contributed by atoms with E-state index in [1.165, 1.54) is 58.4 Å². The highest BCUT2D eigenvalue weighted by Gasteiger charge is 2.26. The Morgan fingerprint density at radius 3 is 2.47 bits per heavy atom. The Bertz CT molecular complexity index is 226. The SMILES string of the molecule is CCN(CC)C1CCN(CC(C)CCCC(C)N)C1. The van der Waals surface area contributed by atoms with Crippen LogP contribution in [-0.4, -0.2) is 54.6 Å². The summed E-state index contributed by atoms with van der Waals surface area (Å²) < 4.78 is 0. The van der Waals surface area contributed by atoms with Crippen LogP contribution in [-0.2, 0) is 0 Å². The third-order valence-corrected chi connectivity index (χ3v) is 4.50. The second kappa shape index (κ2) is 8.93. The lowest BCUT2D eigenvalue weighted by atomic mass is 10.0. The van der Waals surface area contributed by atoms with E-state index >= 15 is 0 Å². The monoisotopic (exact) mass is 269 g/mol. The third-order valence-electron chi connectivity index (χ3n) is 4.50. The van der Waals surface area contributed by atoms with Gasteiger partial charge in [-0.05, 0) is 51.7 Å². The van der Waals surface area contributed by atoms with Crippen LogP contribution < -0.4 is 5.73 Å². The Labute approximate surface area is 120 Å². The average molecular weight is 269 g/mol. The summed E-state index contributed by atoms with van der Waals surface area (Å²) in [7, 11) is 0. The molecule has 0 aromatic carbocycles. The fraction of sp³-hybridized carbons (Fsp3) is 1.00. The number of hydrogen-bond acceptors (Lipinski definition) is 3. The van der Waals surface area contributed by atoms with E-state index in [1.807, 2.05) is 0 Å². The van der Waals surface area contributed by atoms with Crippen molar-refractivity contribution in [3.8, 4) is 0 Å². The maximum absolute atomic E-state index is 5.81. The fourth-order valence-corrected chi connectivity index (χ4v) is 3.34. The van der Waals surface area contributed by atoms with Crippen molar-refractivity contribution in [2.45, 2.75) is 65.5 Å². The van der Waals surface area contributed by atoms with Gasteiger partial charge in [0.2, 0.25) is 0 Å². The van der Waals surface area contributed by atoms with Gasteiger partial charge in [-0.15, -0.1) is 0 Å². The molecule has 3 nitrogen and oxygen atoms in total. The Morgan fingerprint density at radius 1 is 1.21 bits per heavy atom. The summed E-state index contributed by atoms with van der Waals surface area (Å²) >= 11 is 0. The average Bonchev–Trinajstić information content (AvgIpc) is 2.78. The Hall–Kier alpha value is -0.120. The number of nitrogens with two attached hydrogens (primary N) is 1. The Kier molecular flexibility index (Phi) is 7.96. The molecule has 0 amide bonds. The van der Waals surface area contributed by atoms with E-state index in [4.69, 9.17) is 5.73 Å². The molecule has 0 aromatic rings. The standard InChI is InChI=1S/C16H35N3/c1-5-19(6-2)16-10-11-18(13-16)12-14(3)8-7-9-15(4)17/h14-16H,5-13,17H2,1-4H3. The van der Waals surface area contributed by atoms with Crippen molar-refractivity contribution >= 4 is 0 Å². The summed E-state index contributed by atoms with van der Waals surface area (Å²) in [4.78, 5) is 5.28. The molecule has 3 unspecified atom stereocenters. The van der Waals surface area contributed by atoms with Crippen LogP contribution in [0.4, 0.5) is 0 Å². The molecule has 3 heteroatoms. The van der Waals surface area contributed by atoms with Crippen molar-refractivity contribution in [1.29, 1.82) is 0 Å². The lowest BCUT2D eigenvalue weighted by molar-refractivity contribution is 0.201. The molecular formula is C16H35N3. The molecule has 3 atom stereocenters. The van der Waals surface area contributed by atoms with Gasteiger partial charge in [0.1, 0.15) is 0 Å². The predicted octanol–water partition coefficient (Wildman–Crippen LogP) is 2.56. The maximum atomic E-state index is 5.81. The van der Waals surface area contributed by atoms with Crippen molar-refractivity contribution in [3.05, 3.63) is 0 Å². The summed E-state index contributed by atoms with van der Waals surface area (Å²) in [5.41, 5.74) is 5.81. The van der Waals surface area contributed by atoms with Gasteiger partial charge in [-0.1, -0.05) is 27.2 Å². The summed E-state index contributed by atoms with van der Waals surface area (Å²) in [6.45, 7) is 15.3. The molecule has 2 N–H and O–H groups in total. The summed E-state index contributed by atoms with van der Waals surface area (Å²) in [6, 6.07) is 1.16. The number of likely N-dealkylation sites (tertiary alicyclic amines) is 1. The number of rotatable bonds is 9. The molecular weight excluding hydrogens is 234 g/mol. The molecule has 1 rings (SSSR count). The van der Waals surface area contributed by atoms with E-state index in [1.54, 1.807) is 0 Å². The van der Waals surface area contributed by atoms with Gasteiger partial charge >= 0.3 is 0 Å². The van der Waals surface area contributed by atoms with Gasteiger partial charge in [-0.25, -0.2) is 0 Å². The largest absolute Gasteiger partial charge is 0.328 e. The second-order valence-corrected chi connectivity index (χ2v) is 6.44. The van der Waals surface area contributed by atoms with E-state index < -0.39 is 0 Å². The van der Waals surface area contributed by atoms with E-state index in [0.717, 1.165) is 12.0 Å². The first-order chi connectivity index (χ1) is 9.06. The highest BCUT2D eigenvalue weighted by atomic mass is 15.2. The van der Waals surface area contributed by atoms with Gasteiger partial charge in [0, 0.05) is 25.2 Å². The topological polar surface area (TPSA) is 32.5 Å². The molecule has 1 heterocycles. The van der Waals surface area contributed by atoms with E-state index in [0.29, 0.717) is 6.04 Å². The zero-order chi connectivity index (χ0) is 14.3. The summed E-state index contributed by atoms with van der Waals surface area (Å²) in [5, 5.41) is 0. The number of nitrogens with zero attached hydrogens (tertiary/aromatic N) is 2. The number of likely N-dealkylation sites (N-methyl/N-ethyl adjacent to an activating group) is 1. The minimum atomic E-state index is 0.367. The first-order valence-electron chi connectivity index (χ1n) is 8.28. The van der Waals surface area contributed by atoms with Crippen LogP contribution in [0.25, 0.3) is 0 Å². The molecule has 0 spiro atoms. The van der Waals surface area contributed by atoms with Crippen molar-refractivity contribution in [1.82, 2.24) is 9.80 Å². The fourth-order valence-electron chi connectivity index (χ4n) is 3.34. The minimum absolute atomic E-state index is 0.367. The van der Waals surface area contributed by atoms with Crippen LogP contribution in [0, 0.1) is 5.92 Å². The van der Waals surface area contributed by atoms with Crippen molar-refractivity contribution < 1.29 is 0 Å². The van der Waals surface area contributed by atoms with Crippen LogP contribution in [0.1, 0.15) is 53.4 Å². The Morgan fingerprint density at radius 2 is 1.89 bits per heavy atom. The van der Waals surface area contributed by atoms with Gasteiger partial charge in [-0.2, -0.15) is 0 Å². The van der Waals surface area contributed by atoms with E-state index in [-0.39, 0.29) is 0 Å². The second-order valence-electron chi connectivity index (χ2n) is 6.44. The normalized spacial score (nSPS) is 24.0. The molecule has 0 radical (unpaired) electrons. The van der Waals surface area contributed by atoms with Crippen LogP contribution >= 0.6 is 0 Å². The molecule has 19 heavy (non-hydrogen) atoms. The van der Waals surface area contributed by atoms with Crippen LogP contribution in [0.2, 0.25) is 0 Å². The van der Waals surface area contributed by atoms with E-state index in [2.05, 4.69) is 37.5 Å². The molecule has 1 aliphatic heterocycles. The molecule has 1 saturated heterocycles. The molecule has 114 valence electrons. The first-order valence-corrected chi connectivity index (χ1v) is 8.28. The van der Waals surface area contributed by atoms with Crippen molar-refractivity contribution in [3.63, 3.8) is 0 Å². The van der Waals surface area contributed by atoms with Crippen LogP contribution in [0.15, 0.2) is 0 Å². The Balaban J connectivity index is 2.20. The first kappa shape index (κ1) is 16.9. The summed E-state index contributed by atoms with van der Waals surface area (Å²) in [6.07, 6.45) is 5.14. The molecule has 1 aliphatic rings. The zero-order valence-electron chi connectivity index (χ0n) is 13.6. The quantitative estimate of drug-likeness (QED) is 0.698. The number of hydrogen-bond donors (Lipinski definition) is 1. The lowest BCUT2D eigenvalue weighted by Crippen LogP contribution is -2.38. The molecule has 0 saturated carbocycles. The van der Waals surface area contributed by atoms with Crippen LogP contribution in [0.3, 0.4) is 0 Å². The van der Waals surface area contributed by atoms with Gasteiger partial charge < -0.3 is 10.6 Å². The maximum Gasteiger partial charge on any atom is 0.0235 e. The molecule has 1 fully saturated rings. The molecule has 0 bridgehead atoms. The van der Waals surface area contributed by atoms with Gasteiger partial charge in [0.15, 0.2) is 0 Å². The molecule has 0 aliphatic carbocycles. The minimum Gasteiger partial charge on any atom is -0.328 e. The highest BCUT2D eigenvalue weighted by molar-refractivity contribution is 4.83. The van der Waals surface area contributed by atoms with E-state index in [9.17, 15) is 0 Å². The van der Waals surface area contributed by atoms with Gasteiger partial charge in [0.05, 0.1) is 0 Å². The van der Waals surface area contributed by atoms with Gasteiger partial charge in [-0.3, -0.25) is 4.90 Å².